The Morgan fingerprint density at radius 2 is 1.65 bits per heavy atom. The second kappa shape index (κ2) is 4.93. The lowest BCUT2D eigenvalue weighted by Crippen LogP contribution is -2.31. The van der Waals surface area contributed by atoms with Crippen LogP contribution in [0.5, 0.6) is 0 Å². The van der Waals surface area contributed by atoms with E-state index in [1.165, 1.54) is 0 Å². The summed E-state index contributed by atoms with van der Waals surface area (Å²) in [6, 6.07) is 16.9. The van der Waals surface area contributed by atoms with E-state index < -0.39 is 11.9 Å². The normalized spacial score (nSPS) is 21.3. The largest absolute Gasteiger partial charge is 0.481 e. The standard InChI is InChI=1S/C17H14O3/c18-15-10-14(17(19)20)16(11-6-2-1-3-7-11)13-9-5-4-8-12(13)15/h1-9,14,16H,10H2,(H,19,20)/t14-,16-/m1/s1. The number of aliphatic carboxylic acids is 1. The Labute approximate surface area is 116 Å². The van der Waals surface area contributed by atoms with Gasteiger partial charge in [0.1, 0.15) is 0 Å². The number of carboxylic acid groups (broad SMARTS) is 1. The molecular formula is C17H14O3. The van der Waals surface area contributed by atoms with E-state index in [0.717, 1.165) is 11.1 Å². The summed E-state index contributed by atoms with van der Waals surface area (Å²) in [6.07, 6.45) is 0.0614. The molecular weight excluding hydrogens is 252 g/mol. The van der Waals surface area contributed by atoms with Crippen LogP contribution in [-0.2, 0) is 4.79 Å². The van der Waals surface area contributed by atoms with Gasteiger partial charge in [-0.3, -0.25) is 9.59 Å². The molecule has 2 aromatic rings. The van der Waals surface area contributed by atoms with E-state index >= 15 is 0 Å². The molecule has 1 aliphatic rings. The number of hydrogen-bond acceptors (Lipinski definition) is 2. The lowest BCUT2D eigenvalue weighted by atomic mass is 9.71. The Hall–Kier alpha value is -2.42. The predicted molar refractivity (Wildman–Crippen MR) is 74.8 cm³/mol. The van der Waals surface area contributed by atoms with Gasteiger partial charge >= 0.3 is 5.97 Å². The Morgan fingerprint density at radius 1 is 1.00 bits per heavy atom. The smallest absolute Gasteiger partial charge is 0.307 e. The lowest BCUT2D eigenvalue weighted by molar-refractivity contribution is -0.142. The molecule has 0 saturated carbocycles. The molecule has 0 heterocycles. The van der Waals surface area contributed by atoms with E-state index in [9.17, 15) is 14.7 Å². The Bertz CT molecular complexity index is 661. The number of fused-ring (bicyclic) bond motifs is 1. The molecule has 1 N–H and O–H groups in total. The van der Waals surface area contributed by atoms with Crippen LogP contribution in [0.25, 0.3) is 0 Å². The van der Waals surface area contributed by atoms with Crippen LogP contribution in [0.1, 0.15) is 33.8 Å². The van der Waals surface area contributed by atoms with Crippen LogP contribution in [0.2, 0.25) is 0 Å². The van der Waals surface area contributed by atoms with Gasteiger partial charge in [0, 0.05) is 17.9 Å². The summed E-state index contributed by atoms with van der Waals surface area (Å²) < 4.78 is 0. The third-order valence-corrected chi connectivity index (χ3v) is 3.88. The summed E-state index contributed by atoms with van der Waals surface area (Å²) in [5.41, 5.74) is 2.42. The third kappa shape index (κ3) is 2.01. The fourth-order valence-corrected chi connectivity index (χ4v) is 2.97. The highest BCUT2D eigenvalue weighted by molar-refractivity contribution is 6.01. The zero-order valence-corrected chi connectivity index (χ0v) is 10.8. The van der Waals surface area contributed by atoms with Crippen molar-refractivity contribution in [2.45, 2.75) is 12.3 Å². The van der Waals surface area contributed by atoms with Crippen LogP contribution in [-0.4, -0.2) is 16.9 Å². The number of carbonyl (C=O) groups excluding carboxylic acids is 1. The van der Waals surface area contributed by atoms with Gasteiger partial charge in [-0.15, -0.1) is 0 Å². The number of hydrogen-bond donors (Lipinski definition) is 1. The van der Waals surface area contributed by atoms with E-state index in [4.69, 9.17) is 0 Å². The summed E-state index contributed by atoms with van der Waals surface area (Å²) in [6.45, 7) is 0. The molecule has 0 unspecified atom stereocenters. The van der Waals surface area contributed by atoms with Crippen LogP contribution in [0.3, 0.4) is 0 Å². The third-order valence-electron chi connectivity index (χ3n) is 3.88. The topological polar surface area (TPSA) is 54.4 Å². The van der Waals surface area contributed by atoms with Crippen LogP contribution >= 0.6 is 0 Å². The summed E-state index contributed by atoms with van der Waals surface area (Å²) >= 11 is 0. The van der Waals surface area contributed by atoms with E-state index in [1.807, 2.05) is 48.5 Å². The van der Waals surface area contributed by atoms with Gasteiger partial charge < -0.3 is 5.11 Å². The van der Waals surface area contributed by atoms with Gasteiger partial charge in [-0.2, -0.15) is 0 Å². The van der Waals surface area contributed by atoms with E-state index in [1.54, 1.807) is 6.07 Å². The Morgan fingerprint density at radius 3 is 2.35 bits per heavy atom. The Balaban J connectivity index is 2.19. The average Bonchev–Trinajstić information content (AvgIpc) is 2.48. The molecule has 0 saturated heterocycles. The number of ketones is 1. The van der Waals surface area contributed by atoms with Crippen molar-refractivity contribution in [1.82, 2.24) is 0 Å². The molecule has 2 atom stereocenters. The van der Waals surface area contributed by atoms with Crippen molar-refractivity contribution >= 4 is 11.8 Å². The van der Waals surface area contributed by atoms with Gasteiger partial charge in [0.2, 0.25) is 0 Å². The fourth-order valence-electron chi connectivity index (χ4n) is 2.97. The van der Waals surface area contributed by atoms with Gasteiger partial charge in [0.25, 0.3) is 0 Å². The second-order valence-electron chi connectivity index (χ2n) is 5.05. The molecule has 3 heteroatoms. The number of benzene rings is 2. The molecule has 100 valence electrons. The molecule has 3 rings (SSSR count). The summed E-state index contributed by atoms with van der Waals surface area (Å²) in [5, 5.41) is 9.46. The van der Waals surface area contributed by atoms with Gasteiger partial charge in [-0.25, -0.2) is 0 Å². The lowest BCUT2D eigenvalue weighted by Gasteiger charge is -2.30. The minimum atomic E-state index is -0.915. The maximum atomic E-state index is 12.1. The summed E-state index contributed by atoms with van der Waals surface area (Å²) in [5.74, 6) is -1.95. The first-order chi connectivity index (χ1) is 9.68. The van der Waals surface area contributed by atoms with Crippen LogP contribution in [0, 0.1) is 5.92 Å². The molecule has 0 spiro atoms. The van der Waals surface area contributed by atoms with Crippen molar-refractivity contribution in [2.75, 3.05) is 0 Å². The predicted octanol–water partition coefficient (Wildman–Crippen LogP) is 3.11. The van der Waals surface area contributed by atoms with Crippen LogP contribution in [0.4, 0.5) is 0 Å². The van der Waals surface area contributed by atoms with E-state index in [0.29, 0.717) is 5.56 Å². The molecule has 0 amide bonds. The van der Waals surface area contributed by atoms with E-state index in [-0.39, 0.29) is 18.1 Å². The molecule has 3 nitrogen and oxygen atoms in total. The van der Waals surface area contributed by atoms with Crippen molar-refractivity contribution in [2.24, 2.45) is 5.92 Å². The first-order valence-electron chi connectivity index (χ1n) is 6.58. The van der Waals surface area contributed by atoms with Gasteiger partial charge in [0.15, 0.2) is 5.78 Å². The fraction of sp³-hybridized carbons (Fsp3) is 0.176. The maximum Gasteiger partial charge on any atom is 0.307 e. The number of carboxylic acids is 1. The minimum Gasteiger partial charge on any atom is -0.481 e. The Kier molecular flexibility index (Phi) is 3.11. The first kappa shape index (κ1) is 12.6. The number of carbonyl (C=O) groups is 2. The zero-order valence-electron chi connectivity index (χ0n) is 10.8. The quantitative estimate of drug-likeness (QED) is 0.908. The molecule has 0 radical (unpaired) electrons. The van der Waals surface area contributed by atoms with Crippen molar-refractivity contribution in [3.8, 4) is 0 Å². The molecule has 0 aliphatic heterocycles. The summed E-state index contributed by atoms with van der Waals surface area (Å²) in [7, 11) is 0. The molecule has 20 heavy (non-hydrogen) atoms. The van der Waals surface area contributed by atoms with Crippen LogP contribution in [0.15, 0.2) is 54.6 Å². The summed E-state index contributed by atoms with van der Waals surface area (Å²) in [4.78, 5) is 23.7. The molecule has 0 aromatic heterocycles. The SMILES string of the molecule is O=C1C[C@@H](C(=O)O)[C@H](c2ccccc2)c2ccccc21. The number of rotatable bonds is 2. The molecule has 2 aromatic carbocycles. The molecule has 0 bridgehead atoms. The van der Waals surface area contributed by atoms with Crippen molar-refractivity contribution < 1.29 is 14.7 Å². The van der Waals surface area contributed by atoms with E-state index in [2.05, 4.69) is 0 Å². The highest BCUT2D eigenvalue weighted by Gasteiger charge is 2.38. The van der Waals surface area contributed by atoms with Gasteiger partial charge in [0.05, 0.1) is 5.92 Å². The minimum absolute atomic E-state index is 0.0614. The highest BCUT2D eigenvalue weighted by Crippen LogP contribution is 2.40. The van der Waals surface area contributed by atoms with Gasteiger partial charge in [-0.05, 0) is 11.1 Å². The van der Waals surface area contributed by atoms with Crippen molar-refractivity contribution in [1.29, 1.82) is 0 Å². The van der Waals surface area contributed by atoms with Gasteiger partial charge in [-0.1, -0.05) is 54.6 Å². The van der Waals surface area contributed by atoms with Crippen molar-refractivity contribution in [3.05, 3.63) is 71.3 Å². The number of Topliss-reactive ketones (excluding diaryl/α,β-unsaturated/α-hetero) is 1. The monoisotopic (exact) mass is 266 g/mol. The van der Waals surface area contributed by atoms with Crippen LogP contribution < -0.4 is 0 Å². The average molecular weight is 266 g/mol. The second-order valence-corrected chi connectivity index (χ2v) is 5.05. The molecule has 0 fully saturated rings. The van der Waals surface area contributed by atoms with Crippen molar-refractivity contribution in [3.63, 3.8) is 0 Å². The molecule has 1 aliphatic carbocycles. The zero-order chi connectivity index (χ0) is 14.1. The highest BCUT2D eigenvalue weighted by atomic mass is 16.4. The first-order valence-corrected chi connectivity index (χ1v) is 6.58. The maximum absolute atomic E-state index is 12.1.